The van der Waals surface area contributed by atoms with Crippen LogP contribution < -0.4 is 29.9 Å². The number of hydrogen-bond acceptors (Lipinski definition) is 8. The zero-order chi connectivity index (χ0) is 30.6. The summed E-state index contributed by atoms with van der Waals surface area (Å²) in [5, 5.41) is 5.99. The van der Waals surface area contributed by atoms with Crippen molar-refractivity contribution < 1.29 is 23.5 Å². The predicted molar refractivity (Wildman–Crippen MR) is 169 cm³/mol. The molecule has 3 aromatic carbocycles. The molecule has 0 bridgehead atoms. The smallest absolute Gasteiger partial charge is 0.277 e. The van der Waals surface area contributed by atoms with Gasteiger partial charge in [-0.15, -0.1) is 0 Å². The van der Waals surface area contributed by atoms with E-state index in [9.17, 15) is 9.59 Å². The summed E-state index contributed by atoms with van der Waals surface area (Å²) >= 11 is 0. The number of nitrogens with one attached hydrogen (secondary N) is 2. The summed E-state index contributed by atoms with van der Waals surface area (Å²) in [5.74, 6) is 1.48. The van der Waals surface area contributed by atoms with Crippen LogP contribution in [0.3, 0.4) is 0 Å². The summed E-state index contributed by atoms with van der Waals surface area (Å²) in [6.45, 7) is 5.62. The molecule has 0 radical (unpaired) electrons. The number of hydrogen-bond donors (Lipinski definition) is 2. The number of nitrogens with zero attached hydrogens (tertiary/aromatic N) is 3. The molecule has 44 heavy (non-hydrogen) atoms. The molecule has 1 saturated carbocycles. The number of para-hydroxylation sites is 1. The van der Waals surface area contributed by atoms with Crippen LogP contribution in [-0.4, -0.2) is 57.2 Å². The fourth-order valence-electron chi connectivity index (χ4n) is 5.53. The van der Waals surface area contributed by atoms with E-state index in [4.69, 9.17) is 13.9 Å². The summed E-state index contributed by atoms with van der Waals surface area (Å²) in [4.78, 5) is 35.6. The monoisotopic (exact) mass is 595 g/mol. The average Bonchev–Trinajstić information content (AvgIpc) is 3.79. The zero-order valence-electron chi connectivity index (χ0n) is 25.3. The van der Waals surface area contributed by atoms with Crippen LogP contribution >= 0.6 is 0 Å². The number of anilines is 3. The molecule has 228 valence electrons. The fourth-order valence-corrected chi connectivity index (χ4v) is 5.53. The Morgan fingerprint density at radius 3 is 2.32 bits per heavy atom. The minimum atomic E-state index is -0.372. The lowest BCUT2D eigenvalue weighted by Gasteiger charge is -2.38. The quantitative estimate of drug-likeness (QED) is 0.251. The molecule has 10 nitrogen and oxygen atoms in total. The first-order chi connectivity index (χ1) is 21.4. The van der Waals surface area contributed by atoms with Crippen molar-refractivity contribution in [1.82, 2.24) is 10.3 Å². The molecule has 1 aromatic heterocycles. The molecule has 1 aliphatic carbocycles. The van der Waals surface area contributed by atoms with Gasteiger partial charge in [-0.2, -0.15) is 0 Å². The second kappa shape index (κ2) is 12.7. The summed E-state index contributed by atoms with van der Waals surface area (Å²) in [5.41, 5.74) is 5.41. The van der Waals surface area contributed by atoms with Crippen molar-refractivity contribution in [2.24, 2.45) is 0 Å². The molecule has 2 fully saturated rings. The Morgan fingerprint density at radius 2 is 1.61 bits per heavy atom. The maximum absolute atomic E-state index is 13.3. The Morgan fingerprint density at radius 1 is 0.886 bits per heavy atom. The molecule has 10 heteroatoms. The van der Waals surface area contributed by atoms with Gasteiger partial charge in [0.15, 0.2) is 23.1 Å². The number of oxazole rings is 1. The summed E-state index contributed by atoms with van der Waals surface area (Å²) in [6, 6.07) is 19.3. The molecule has 0 spiro atoms. The molecule has 2 aliphatic rings. The highest BCUT2D eigenvalue weighted by Crippen LogP contribution is 2.39. The number of methoxy groups -OCH3 is 2. The van der Waals surface area contributed by atoms with Crippen LogP contribution in [0, 0.1) is 6.92 Å². The van der Waals surface area contributed by atoms with E-state index in [-0.39, 0.29) is 17.5 Å². The van der Waals surface area contributed by atoms with Gasteiger partial charge < -0.3 is 34.3 Å². The number of benzene rings is 3. The highest BCUT2D eigenvalue weighted by molar-refractivity contribution is 6.06. The van der Waals surface area contributed by atoms with Crippen LogP contribution in [0.4, 0.5) is 17.1 Å². The van der Waals surface area contributed by atoms with Gasteiger partial charge >= 0.3 is 0 Å². The van der Waals surface area contributed by atoms with Crippen molar-refractivity contribution in [3.8, 4) is 11.5 Å². The number of piperazine rings is 1. The van der Waals surface area contributed by atoms with E-state index >= 15 is 0 Å². The van der Waals surface area contributed by atoms with Gasteiger partial charge in [-0.25, -0.2) is 4.98 Å². The summed E-state index contributed by atoms with van der Waals surface area (Å²) in [6.07, 6.45) is 3.46. The number of carbonyl (C=O) groups is 2. The molecule has 0 unspecified atom stereocenters. The molecule has 6 rings (SSSR count). The average molecular weight is 596 g/mol. The lowest BCUT2D eigenvalue weighted by atomic mass is 10.1. The Labute approximate surface area is 257 Å². The summed E-state index contributed by atoms with van der Waals surface area (Å²) < 4.78 is 16.3. The van der Waals surface area contributed by atoms with Gasteiger partial charge in [0, 0.05) is 49.9 Å². The standard InChI is InChI=1S/C34H37N5O5/c1-22-6-4-5-7-28(22)38-14-16-39(17-15-38)29-12-11-25(32(40)35-20-23-8-13-30(42-2)31(18-23)43-3)19-26(29)36-33(41)27-21-44-34(37-27)24-9-10-24/h4-8,11-13,18-19,21,24H,9-10,14-17,20H2,1-3H3,(H,35,40)(H,36,41). The van der Waals surface area contributed by atoms with E-state index < -0.39 is 0 Å². The highest BCUT2D eigenvalue weighted by atomic mass is 16.5. The first-order valence-corrected chi connectivity index (χ1v) is 14.9. The van der Waals surface area contributed by atoms with Crippen LogP contribution in [0.1, 0.15) is 56.6 Å². The maximum atomic E-state index is 13.3. The Hall–Kier alpha value is -4.99. The van der Waals surface area contributed by atoms with Crippen LogP contribution in [0.2, 0.25) is 0 Å². The number of ether oxygens (including phenoxy) is 2. The van der Waals surface area contributed by atoms with Crippen molar-refractivity contribution in [3.63, 3.8) is 0 Å². The number of aromatic nitrogens is 1. The van der Waals surface area contributed by atoms with E-state index in [0.717, 1.165) is 50.3 Å². The molecule has 2 N–H and O–H groups in total. The second-order valence-corrected chi connectivity index (χ2v) is 11.2. The molecule has 1 aliphatic heterocycles. The molecule has 0 atom stereocenters. The lowest BCUT2D eigenvalue weighted by molar-refractivity contribution is 0.0949. The molecule has 2 amide bonds. The first kappa shape index (κ1) is 29.1. The van der Waals surface area contributed by atoms with Crippen molar-refractivity contribution in [2.45, 2.75) is 32.2 Å². The number of amides is 2. The Kier molecular flexibility index (Phi) is 8.40. The Bertz CT molecular complexity index is 1660. The fraction of sp³-hybridized carbons (Fsp3) is 0.324. The maximum Gasteiger partial charge on any atom is 0.277 e. The van der Waals surface area contributed by atoms with E-state index in [1.165, 1.54) is 17.5 Å². The van der Waals surface area contributed by atoms with Crippen LogP contribution in [0.25, 0.3) is 0 Å². The van der Waals surface area contributed by atoms with Gasteiger partial charge in [-0.3, -0.25) is 9.59 Å². The summed E-state index contributed by atoms with van der Waals surface area (Å²) in [7, 11) is 3.16. The normalized spacial score (nSPS) is 14.7. The van der Waals surface area contributed by atoms with E-state index in [1.807, 2.05) is 18.2 Å². The molecule has 1 saturated heterocycles. The van der Waals surface area contributed by atoms with Crippen molar-refractivity contribution in [3.05, 3.63) is 95.2 Å². The topological polar surface area (TPSA) is 109 Å². The minimum absolute atomic E-state index is 0.227. The second-order valence-electron chi connectivity index (χ2n) is 11.2. The van der Waals surface area contributed by atoms with Crippen molar-refractivity contribution >= 4 is 28.9 Å². The van der Waals surface area contributed by atoms with Gasteiger partial charge in [0.05, 0.1) is 25.6 Å². The molecular formula is C34H37N5O5. The number of carbonyl (C=O) groups excluding carboxylic acids is 2. The van der Waals surface area contributed by atoms with Gasteiger partial charge in [-0.1, -0.05) is 24.3 Å². The minimum Gasteiger partial charge on any atom is -0.493 e. The van der Waals surface area contributed by atoms with E-state index in [0.29, 0.717) is 41.1 Å². The van der Waals surface area contributed by atoms with E-state index in [2.05, 4.69) is 56.6 Å². The van der Waals surface area contributed by atoms with Gasteiger partial charge in [0.25, 0.3) is 11.8 Å². The highest BCUT2D eigenvalue weighted by Gasteiger charge is 2.30. The van der Waals surface area contributed by atoms with Crippen molar-refractivity contribution in [1.29, 1.82) is 0 Å². The predicted octanol–water partition coefficient (Wildman–Crippen LogP) is 5.39. The Balaban J connectivity index is 1.20. The third kappa shape index (κ3) is 6.34. The third-order valence-corrected chi connectivity index (χ3v) is 8.17. The lowest BCUT2D eigenvalue weighted by Crippen LogP contribution is -2.47. The van der Waals surface area contributed by atoms with Gasteiger partial charge in [0.2, 0.25) is 0 Å². The van der Waals surface area contributed by atoms with Gasteiger partial charge in [0.1, 0.15) is 6.26 Å². The molecule has 4 aromatic rings. The van der Waals surface area contributed by atoms with Crippen LogP contribution in [0.15, 0.2) is 71.3 Å². The largest absolute Gasteiger partial charge is 0.493 e. The molecule has 2 heterocycles. The number of rotatable bonds is 10. The number of aryl methyl sites for hydroxylation is 1. The molecular weight excluding hydrogens is 558 g/mol. The van der Waals surface area contributed by atoms with Crippen LogP contribution in [0.5, 0.6) is 11.5 Å². The third-order valence-electron chi connectivity index (χ3n) is 8.17. The zero-order valence-corrected chi connectivity index (χ0v) is 25.3. The van der Waals surface area contributed by atoms with Crippen LogP contribution in [-0.2, 0) is 6.54 Å². The first-order valence-electron chi connectivity index (χ1n) is 14.9. The van der Waals surface area contributed by atoms with E-state index in [1.54, 1.807) is 32.4 Å². The SMILES string of the molecule is COc1ccc(CNC(=O)c2ccc(N3CCN(c4ccccc4C)CC3)c(NC(=O)c3coc(C4CC4)n3)c2)cc1OC. The van der Waals surface area contributed by atoms with Gasteiger partial charge in [-0.05, 0) is 67.3 Å². The van der Waals surface area contributed by atoms with Crippen molar-refractivity contribution in [2.75, 3.05) is 55.5 Å².